The second kappa shape index (κ2) is 6.77. The Hall–Kier alpha value is -0.870. The average Bonchev–Trinajstić information content (AvgIpc) is 2.28. The molecule has 0 atom stereocenters. The van der Waals surface area contributed by atoms with Crippen molar-refractivity contribution in [1.82, 2.24) is 5.32 Å². The summed E-state index contributed by atoms with van der Waals surface area (Å²) < 4.78 is 23.8. The minimum absolute atomic E-state index is 0.159. The Morgan fingerprint density at radius 3 is 2.59 bits per heavy atom. The van der Waals surface area contributed by atoms with Crippen molar-refractivity contribution in [1.29, 1.82) is 0 Å². The summed E-state index contributed by atoms with van der Waals surface area (Å²) in [7, 11) is -2.98. The van der Waals surface area contributed by atoms with E-state index in [1.54, 1.807) is 0 Å². The van der Waals surface area contributed by atoms with E-state index in [1.165, 1.54) is 0 Å². The highest BCUT2D eigenvalue weighted by molar-refractivity contribution is 7.90. The third kappa shape index (κ3) is 5.33. The first kappa shape index (κ1) is 14.2. The first-order valence-corrected chi connectivity index (χ1v) is 7.83. The van der Waals surface area contributed by atoms with Crippen LogP contribution in [0.4, 0.5) is 0 Å². The van der Waals surface area contributed by atoms with Gasteiger partial charge in [-0.3, -0.25) is 0 Å². The predicted molar refractivity (Wildman–Crippen MR) is 71.8 cm³/mol. The van der Waals surface area contributed by atoms with Gasteiger partial charge in [0.25, 0.3) is 0 Å². The molecule has 1 aromatic carbocycles. The molecule has 0 amide bonds. The van der Waals surface area contributed by atoms with Gasteiger partial charge in [0.1, 0.15) is 0 Å². The SMILES string of the molecule is CCNCCCS(=O)(=O)Cc1ccccc1C. The molecular formula is C13H21NO2S. The van der Waals surface area contributed by atoms with Crippen LogP contribution < -0.4 is 5.32 Å². The standard InChI is InChI=1S/C13H21NO2S/c1-3-14-9-6-10-17(15,16)11-13-8-5-4-7-12(13)2/h4-5,7-8,14H,3,6,9-11H2,1-2H3. The maximum absolute atomic E-state index is 11.9. The van der Waals surface area contributed by atoms with Crippen molar-refractivity contribution in [3.8, 4) is 0 Å². The van der Waals surface area contributed by atoms with Gasteiger partial charge in [0.05, 0.1) is 11.5 Å². The van der Waals surface area contributed by atoms with Crippen LogP contribution in [0, 0.1) is 6.92 Å². The zero-order valence-electron chi connectivity index (χ0n) is 10.6. The maximum Gasteiger partial charge on any atom is 0.154 e. The van der Waals surface area contributed by atoms with E-state index in [9.17, 15) is 8.42 Å². The largest absolute Gasteiger partial charge is 0.317 e. The fraction of sp³-hybridized carbons (Fsp3) is 0.538. The lowest BCUT2D eigenvalue weighted by Crippen LogP contribution is -2.18. The highest BCUT2D eigenvalue weighted by atomic mass is 32.2. The summed E-state index contributed by atoms with van der Waals surface area (Å²) in [6.07, 6.45) is 0.683. The molecule has 0 bridgehead atoms. The second-order valence-electron chi connectivity index (χ2n) is 4.23. The maximum atomic E-state index is 11.9. The second-order valence-corrected chi connectivity index (χ2v) is 6.41. The molecule has 0 aliphatic rings. The van der Waals surface area contributed by atoms with E-state index in [4.69, 9.17) is 0 Å². The van der Waals surface area contributed by atoms with Gasteiger partial charge in [-0.25, -0.2) is 8.42 Å². The Morgan fingerprint density at radius 2 is 1.94 bits per heavy atom. The Morgan fingerprint density at radius 1 is 1.24 bits per heavy atom. The first-order chi connectivity index (χ1) is 8.05. The van der Waals surface area contributed by atoms with E-state index in [2.05, 4.69) is 5.32 Å². The van der Waals surface area contributed by atoms with Crippen LogP contribution in [0.1, 0.15) is 24.5 Å². The van der Waals surface area contributed by atoms with Crippen LogP contribution >= 0.6 is 0 Å². The van der Waals surface area contributed by atoms with Crippen LogP contribution in [-0.2, 0) is 15.6 Å². The molecule has 1 rings (SSSR count). The number of hydrogen-bond acceptors (Lipinski definition) is 3. The molecule has 0 radical (unpaired) electrons. The molecule has 0 saturated carbocycles. The number of rotatable bonds is 7. The molecule has 4 heteroatoms. The fourth-order valence-corrected chi connectivity index (χ4v) is 3.20. The Bertz CT molecular complexity index is 440. The van der Waals surface area contributed by atoms with Crippen LogP contribution in [-0.4, -0.2) is 27.3 Å². The number of benzene rings is 1. The molecule has 0 unspecified atom stereocenters. The van der Waals surface area contributed by atoms with Crippen LogP contribution in [0.2, 0.25) is 0 Å². The molecule has 0 spiro atoms. The molecule has 96 valence electrons. The summed E-state index contributed by atoms with van der Waals surface area (Å²) in [5, 5.41) is 3.13. The van der Waals surface area contributed by atoms with Crippen molar-refractivity contribution in [2.24, 2.45) is 0 Å². The van der Waals surface area contributed by atoms with Crippen LogP contribution in [0.15, 0.2) is 24.3 Å². The summed E-state index contributed by atoms with van der Waals surface area (Å²) in [5.41, 5.74) is 1.96. The zero-order chi connectivity index (χ0) is 12.7. The van der Waals surface area contributed by atoms with Crippen LogP contribution in [0.3, 0.4) is 0 Å². The van der Waals surface area contributed by atoms with E-state index in [-0.39, 0.29) is 11.5 Å². The normalized spacial score (nSPS) is 11.6. The Kier molecular flexibility index (Phi) is 5.65. The fourth-order valence-electron chi connectivity index (χ4n) is 1.67. The number of aryl methyl sites for hydroxylation is 1. The third-order valence-electron chi connectivity index (χ3n) is 2.70. The minimum atomic E-state index is -2.98. The van der Waals surface area contributed by atoms with Gasteiger partial charge in [-0.1, -0.05) is 31.2 Å². The Labute approximate surface area is 104 Å². The lowest BCUT2D eigenvalue weighted by atomic mass is 10.1. The summed E-state index contributed by atoms with van der Waals surface area (Å²) in [4.78, 5) is 0. The minimum Gasteiger partial charge on any atom is -0.317 e. The van der Waals surface area contributed by atoms with Gasteiger partial charge < -0.3 is 5.32 Å². The lowest BCUT2D eigenvalue weighted by molar-refractivity contribution is 0.589. The van der Waals surface area contributed by atoms with Crippen molar-refractivity contribution in [3.05, 3.63) is 35.4 Å². The van der Waals surface area contributed by atoms with Crippen molar-refractivity contribution in [3.63, 3.8) is 0 Å². The van der Waals surface area contributed by atoms with E-state index in [1.807, 2.05) is 38.1 Å². The molecule has 17 heavy (non-hydrogen) atoms. The van der Waals surface area contributed by atoms with Gasteiger partial charge >= 0.3 is 0 Å². The lowest BCUT2D eigenvalue weighted by Gasteiger charge is -2.07. The molecule has 3 nitrogen and oxygen atoms in total. The molecule has 0 aliphatic heterocycles. The number of nitrogens with one attached hydrogen (secondary N) is 1. The summed E-state index contributed by atoms with van der Waals surface area (Å²) in [5.74, 6) is 0.417. The van der Waals surface area contributed by atoms with Crippen molar-refractivity contribution in [2.75, 3.05) is 18.8 Å². The average molecular weight is 255 g/mol. The molecule has 1 N–H and O–H groups in total. The van der Waals surface area contributed by atoms with Gasteiger partial charge in [-0.05, 0) is 37.6 Å². The van der Waals surface area contributed by atoms with E-state index >= 15 is 0 Å². The van der Waals surface area contributed by atoms with Gasteiger partial charge in [0, 0.05) is 0 Å². The molecule has 0 fully saturated rings. The molecule has 1 aromatic rings. The van der Waals surface area contributed by atoms with Gasteiger partial charge in [-0.15, -0.1) is 0 Å². The topological polar surface area (TPSA) is 46.2 Å². The summed E-state index contributed by atoms with van der Waals surface area (Å²) >= 11 is 0. The Balaban J connectivity index is 2.52. The molecule has 0 saturated heterocycles. The zero-order valence-corrected chi connectivity index (χ0v) is 11.4. The van der Waals surface area contributed by atoms with E-state index < -0.39 is 9.84 Å². The van der Waals surface area contributed by atoms with Crippen molar-refractivity contribution < 1.29 is 8.42 Å². The quantitative estimate of drug-likeness (QED) is 0.757. The summed E-state index contributed by atoms with van der Waals surface area (Å²) in [6, 6.07) is 7.65. The monoisotopic (exact) mass is 255 g/mol. The van der Waals surface area contributed by atoms with E-state index in [0.717, 1.165) is 24.2 Å². The highest BCUT2D eigenvalue weighted by Gasteiger charge is 2.12. The number of hydrogen-bond donors (Lipinski definition) is 1. The first-order valence-electron chi connectivity index (χ1n) is 6.01. The van der Waals surface area contributed by atoms with Gasteiger partial charge in [0.2, 0.25) is 0 Å². The van der Waals surface area contributed by atoms with Crippen LogP contribution in [0.25, 0.3) is 0 Å². The smallest absolute Gasteiger partial charge is 0.154 e. The molecule has 0 aliphatic carbocycles. The molecular weight excluding hydrogens is 234 g/mol. The van der Waals surface area contributed by atoms with Crippen molar-refractivity contribution >= 4 is 9.84 Å². The van der Waals surface area contributed by atoms with Crippen LogP contribution in [0.5, 0.6) is 0 Å². The van der Waals surface area contributed by atoms with Crippen molar-refractivity contribution in [2.45, 2.75) is 26.0 Å². The highest BCUT2D eigenvalue weighted by Crippen LogP contribution is 2.12. The molecule has 0 aromatic heterocycles. The number of sulfone groups is 1. The van der Waals surface area contributed by atoms with E-state index in [0.29, 0.717) is 6.42 Å². The molecule has 0 heterocycles. The summed E-state index contributed by atoms with van der Waals surface area (Å²) in [6.45, 7) is 5.62. The van der Waals surface area contributed by atoms with Gasteiger partial charge in [-0.2, -0.15) is 0 Å². The van der Waals surface area contributed by atoms with Gasteiger partial charge in [0.15, 0.2) is 9.84 Å². The third-order valence-corrected chi connectivity index (χ3v) is 4.36. The predicted octanol–water partition coefficient (Wildman–Crippen LogP) is 1.91.